The van der Waals surface area contributed by atoms with Gasteiger partial charge in [-0.3, -0.25) is 0 Å². The van der Waals surface area contributed by atoms with E-state index in [0.717, 1.165) is 50.2 Å². The molecule has 36 heteroatoms. The van der Waals surface area contributed by atoms with Crippen molar-refractivity contribution in [2.24, 2.45) is 14.1 Å². The van der Waals surface area contributed by atoms with E-state index in [1.54, 1.807) is 6.07 Å². The summed E-state index contributed by atoms with van der Waals surface area (Å²) in [7, 11) is 0.980. The Balaban J connectivity index is 0.000000209. The SMILES string of the molecule is CC1(C)OB(c2cc(Cl)c(C(=O)O)s2)OC1(C)C.Cn1nc(C(F)(F)C(F)(F)F)c(C(F)(F)F)c1-n1cc(-c2cc(Cl)c(C(=O)O)s2)cn1.Cn1nc(C(F)(F)C(F)(F)F)c(C(F)(F)F)c1-n1cc(Br)cn1. The lowest BCUT2D eigenvalue weighted by atomic mass is 9.88. The van der Waals surface area contributed by atoms with Crippen LogP contribution in [0.4, 0.5) is 70.2 Å². The lowest BCUT2D eigenvalue weighted by Crippen LogP contribution is -2.41. The van der Waals surface area contributed by atoms with Crippen LogP contribution in [0.15, 0.2) is 41.4 Å². The van der Waals surface area contributed by atoms with E-state index < -0.39 is 101 Å². The van der Waals surface area contributed by atoms with Crippen molar-refractivity contribution in [1.29, 1.82) is 0 Å². The average Bonchev–Trinajstić information content (AvgIpc) is 4.06. The molecule has 0 amide bonds. The fraction of sp³-hybridized carbons (Fsp3) is 0.389. The van der Waals surface area contributed by atoms with Crippen LogP contribution in [0.5, 0.6) is 0 Å². The molecule has 0 unspecified atom stereocenters. The fourth-order valence-corrected chi connectivity index (χ4v) is 8.78. The number of carbonyl (C=O) groups is 2. The number of carboxylic acid groups (broad SMARTS) is 2. The lowest BCUT2D eigenvalue weighted by molar-refractivity contribution is -0.292. The predicted octanol–water partition coefficient (Wildman–Crippen LogP) is 11.8. The molecule has 394 valence electrons. The Hall–Kier alpha value is -4.90. The third-order valence-corrected chi connectivity index (χ3v) is 13.6. The van der Waals surface area contributed by atoms with Crippen LogP contribution in [0.2, 0.25) is 10.0 Å². The van der Waals surface area contributed by atoms with E-state index in [0.29, 0.717) is 25.5 Å². The van der Waals surface area contributed by atoms with Crippen LogP contribution < -0.4 is 4.78 Å². The van der Waals surface area contributed by atoms with Gasteiger partial charge in [-0.05, 0) is 55.8 Å². The minimum absolute atomic E-state index is 0.0397. The summed E-state index contributed by atoms with van der Waals surface area (Å²) in [4.78, 5) is 22.0. The summed E-state index contributed by atoms with van der Waals surface area (Å²) in [5.41, 5.74) is -10.3. The number of aromatic carboxylic acids is 2. The topological polar surface area (TPSA) is 164 Å². The van der Waals surface area contributed by atoms with E-state index in [4.69, 9.17) is 42.7 Å². The Morgan fingerprint density at radius 3 is 1.39 bits per heavy atom. The van der Waals surface area contributed by atoms with E-state index in [9.17, 15) is 79.8 Å². The van der Waals surface area contributed by atoms with Crippen LogP contribution in [0.1, 0.15) is 69.6 Å². The van der Waals surface area contributed by atoms with Crippen molar-refractivity contribution in [3.8, 4) is 22.1 Å². The van der Waals surface area contributed by atoms with Gasteiger partial charge >= 0.3 is 55.6 Å². The van der Waals surface area contributed by atoms with E-state index in [1.165, 1.54) is 6.07 Å². The molecule has 6 aromatic heterocycles. The van der Waals surface area contributed by atoms with Gasteiger partial charge in [0.25, 0.3) is 0 Å². The number of carboxylic acids is 2. The second-order valence-corrected chi connectivity index (χ2v) is 19.4. The first-order valence-electron chi connectivity index (χ1n) is 18.8. The summed E-state index contributed by atoms with van der Waals surface area (Å²) >= 11 is 16.3. The summed E-state index contributed by atoms with van der Waals surface area (Å²) in [6.07, 6.45) is -19.9. The normalized spacial score (nSPS) is 15.3. The monoisotopic (exact) mass is 1190 g/mol. The molecule has 0 aliphatic carbocycles. The maximum atomic E-state index is 13.8. The molecule has 0 radical (unpaired) electrons. The molecule has 0 atom stereocenters. The summed E-state index contributed by atoms with van der Waals surface area (Å²) in [5.74, 6) is -16.3. The van der Waals surface area contributed by atoms with Crippen molar-refractivity contribution in [2.45, 2.75) is 75.4 Å². The van der Waals surface area contributed by atoms with Gasteiger partial charge in [-0.1, -0.05) is 23.2 Å². The summed E-state index contributed by atoms with van der Waals surface area (Å²) < 4.78 is 224. The van der Waals surface area contributed by atoms with Gasteiger partial charge < -0.3 is 19.5 Å². The molecule has 7 rings (SSSR count). The Labute approximate surface area is 417 Å². The average molecular weight is 1200 g/mol. The smallest absolute Gasteiger partial charge is 0.477 e. The number of nitrogens with zero attached hydrogens (tertiary/aromatic N) is 8. The molecule has 7 heterocycles. The standard InChI is InChI=1S/C15H7ClF8N4O2S.C11H14BClO4S.C10H5BrF8N4/c1-27-11(8(14(19,20)21)10(26-27)13(17,18)15(22,23)24)28-4-5(3-25-28)7-2-6(16)9(31-7)12(29)30;1-10(2)11(3,4)17-12(16-10)7-5-6(13)8(18-7)9(14)15;1-22-7(23-3-4(11)2-20-23)5(9(14,15)16)6(21-22)8(12,13)10(17,18)19/h2-4H,1H3,(H,29,30);5H,1-4H3,(H,14,15);2-3H,1H3. The number of hydrogen-bond acceptors (Lipinski definition) is 10. The molecule has 0 spiro atoms. The first-order chi connectivity index (χ1) is 32.5. The van der Waals surface area contributed by atoms with E-state index in [-0.39, 0.29) is 44.1 Å². The molecule has 6 aromatic rings. The lowest BCUT2D eigenvalue weighted by Gasteiger charge is -2.32. The zero-order chi connectivity index (χ0) is 55.0. The van der Waals surface area contributed by atoms with Crippen molar-refractivity contribution in [3.63, 3.8) is 0 Å². The minimum Gasteiger partial charge on any atom is -0.477 e. The minimum atomic E-state index is -6.32. The quantitative estimate of drug-likeness (QED) is 0.111. The summed E-state index contributed by atoms with van der Waals surface area (Å²) in [5, 5.41) is 30.6. The van der Waals surface area contributed by atoms with Crippen LogP contribution in [0.25, 0.3) is 22.1 Å². The van der Waals surface area contributed by atoms with Gasteiger partial charge in [-0.15, -0.1) is 22.7 Å². The first kappa shape index (κ1) is 58.0. The number of halogens is 19. The van der Waals surface area contributed by atoms with Crippen LogP contribution >= 0.6 is 61.8 Å². The van der Waals surface area contributed by atoms with Gasteiger partial charge in [0.05, 0.1) is 38.1 Å². The maximum absolute atomic E-state index is 13.8. The highest BCUT2D eigenvalue weighted by Crippen LogP contribution is 2.51. The number of aryl methyl sites for hydroxylation is 2. The maximum Gasteiger partial charge on any atom is 0.505 e. The summed E-state index contributed by atoms with van der Waals surface area (Å²) in [6.45, 7) is 7.78. The molecule has 0 bridgehead atoms. The predicted molar refractivity (Wildman–Crippen MR) is 226 cm³/mol. The van der Waals surface area contributed by atoms with Crippen molar-refractivity contribution >= 4 is 85.6 Å². The zero-order valence-corrected chi connectivity index (χ0v) is 40.9. The largest absolute Gasteiger partial charge is 0.505 e. The molecule has 14 nitrogen and oxygen atoms in total. The third-order valence-electron chi connectivity index (χ3n) is 10.0. The fourth-order valence-electron chi connectivity index (χ4n) is 6.03. The first-order valence-corrected chi connectivity index (χ1v) is 22.0. The molecule has 1 fully saturated rings. The number of hydrogen-bond donors (Lipinski definition) is 2. The third kappa shape index (κ3) is 11.3. The van der Waals surface area contributed by atoms with E-state index in [2.05, 4.69) is 36.3 Å². The number of rotatable bonds is 8. The van der Waals surface area contributed by atoms with Crippen molar-refractivity contribution in [2.75, 3.05) is 0 Å². The van der Waals surface area contributed by atoms with Gasteiger partial charge in [0.2, 0.25) is 0 Å². The Bertz CT molecular complexity index is 2990. The van der Waals surface area contributed by atoms with Crippen LogP contribution in [-0.2, 0) is 47.6 Å². The van der Waals surface area contributed by atoms with E-state index in [1.807, 2.05) is 27.7 Å². The number of alkyl halides is 16. The Kier molecular flexibility index (Phi) is 15.6. The Morgan fingerprint density at radius 2 is 1.04 bits per heavy atom. The molecule has 72 heavy (non-hydrogen) atoms. The molecule has 1 aliphatic heterocycles. The summed E-state index contributed by atoms with van der Waals surface area (Å²) in [6, 6.07) is 2.78. The highest BCUT2D eigenvalue weighted by Gasteiger charge is 2.65. The molecule has 1 aliphatic rings. The van der Waals surface area contributed by atoms with Gasteiger partial charge in [0.15, 0.2) is 23.0 Å². The second kappa shape index (κ2) is 19.4. The molecular formula is C36H26BBrCl2F16N8O6S2. The Morgan fingerprint density at radius 1 is 0.653 bits per heavy atom. The van der Waals surface area contributed by atoms with Crippen molar-refractivity contribution < 1.29 is 99.4 Å². The highest BCUT2D eigenvalue weighted by atomic mass is 79.9. The molecule has 2 N–H and O–H groups in total. The van der Waals surface area contributed by atoms with Gasteiger partial charge in [-0.2, -0.15) is 90.6 Å². The van der Waals surface area contributed by atoms with Gasteiger partial charge in [0.1, 0.15) is 20.9 Å². The second-order valence-electron chi connectivity index (χ2n) is 15.6. The van der Waals surface area contributed by atoms with Gasteiger partial charge in [-0.25, -0.2) is 28.3 Å². The zero-order valence-electron chi connectivity index (χ0n) is 36.1. The number of thiophene rings is 2. The molecule has 0 saturated carbocycles. The van der Waals surface area contributed by atoms with Crippen LogP contribution in [-0.4, -0.2) is 91.9 Å². The molecular weight excluding hydrogens is 1170 g/mol. The highest BCUT2D eigenvalue weighted by molar-refractivity contribution is 9.10. The van der Waals surface area contributed by atoms with Crippen LogP contribution in [0.3, 0.4) is 0 Å². The number of aromatic nitrogens is 8. The molecule has 1 saturated heterocycles. The molecule has 0 aromatic carbocycles. The van der Waals surface area contributed by atoms with Crippen molar-refractivity contribution in [1.82, 2.24) is 39.1 Å². The van der Waals surface area contributed by atoms with Crippen molar-refractivity contribution in [3.05, 3.63) is 83.7 Å². The van der Waals surface area contributed by atoms with Crippen LogP contribution in [0, 0.1) is 0 Å². The van der Waals surface area contributed by atoms with E-state index >= 15 is 0 Å². The van der Waals surface area contributed by atoms with Gasteiger partial charge in [0, 0.05) is 41.7 Å².